The van der Waals surface area contributed by atoms with Gasteiger partial charge in [-0.15, -0.1) is 0 Å². The summed E-state index contributed by atoms with van der Waals surface area (Å²) in [6, 6.07) is 29.4. The average Bonchev–Trinajstić information content (AvgIpc) is 3.29. The lowest BCUT2D eigenvalue weighted by atomic mass is 10.1. The van der Waals surface area contributed by atoms with Crippen molar-refractivity contribution in [2.45, 2.75) is 6.61 Å². The average molecular weight is 459 g/mol. The van der Waals surface area contributed by atoms with Crippen LogP contribution in [0.25, 0.3) is 29.0 Å². The number of rotatable bonds is 7. The molecule has 0 amide bonds. The molecule has 5 aromatic rings. The molecule has 6 nitrogen and oxygen atoms in total. The van der Waals surface area contributed by atoms with E-state index in [2.05, 4.69) is 11.1 Å². The molecule has 0 saturated carbocycles. The predicted octanol–water partition coefficient (Wildman–Crippen LogP) is 6.05. The molecule has 0 fully saturated rings. The van der Waals surface area contributed by atoms with Crippen molar-refractivity contribution in [2.75, 3.05) is 7.11 Å². The summed E-state index contributed by atoms with van der Waals surface area (Å²) < 4.78 is 13.7. The number of nitrogens with zero attached hydrogens (tertiary/aromatic N) is 4. The zero-order valence-electron chi connectivity index (χ0n) is 19.1. The molecule has 170 valence electrons. The number of nitriles is 1. The number of imidazole rings is 1. The van der Waals surface area contributed by atoms with Crippen LogP contribution < -0.4 is 9.47 Å². The van der Waals surface area contributed by atoms with E-state index in [1.807, 2.05) is 95.6 Å². The number of fused-ring (bicyclic) bond motifs is 1. The van der Waals surface area contributed by atoms with Crippen molar-refractivity contribution in [1.29, 1.82) is 5.26 Å². The number of hydrogen-bond acceptors (Lipinski definition) is 5. The van der Waals surface area contributed by atoms with E-state index in [9.17, 15) is 0 Å². The minimum absolute atomic E-state index is 0.426. The minimum Gasteiger partial charge on any atom is -0.493 e. The molecule has 0 saturated heterocycles. The summed E-state index contributed by atoms with van der Waals surface area (Å²) in [4.78, 5) is 9.30. The normalized spacial score (nSPS) is 11.0. The number of ether oxygens (including phenoxy) is 2. The molecule has 5 rings (SSSR count). The molecule has 2 heterocycles. The van der Waals surface area contributed by atoms with Gasteiger partial charge >= 0.3 is 0 Å². The molecular weight excluding hydrogens is 436 g/mol. The molecule has 0 aliphatic heterocycles. The fourth-order valence-corrected chi connectivity index (χ4v) is 3.85. The van der Waals surface area contributed by atoms with Crippen molar-refractivity contribution < 1.29 is 9.47 Å². The van der Waals surface area contributed by atoms with Crippen molar-refractivity contribution in [3.8, 4) is 23.4 Å². The van der Waals surface area contributed by atoms with E-state index in [1.54, 1.807) is 19.4 Å². The maximum absolute atomic E-state index is 9.14. The first-order valence-electron chi connectivity index (χ1n) is 11.1. The Morgan fingerprint density at radius 2 is 1.74 bits per heavy atom. The lowest BCUT2D eigenvalue weighted by Gasteiger charge is -2.13. The van der Waals surface area contributed by atoms with E-state index in [0.29, 0.717) is 35.3 Å². The Hall–Kier alpha value is -4.89. The minimum atomic E-state index is 0.426. The summed E-state index contributed by atoms with van der Waals surface area (Å²) in [6.45, 7) is 0.426. The largest absolute Gasteiger partial charge is 0.493 e. The van der Waals surface area contributed by atoms with Crippen LogP contribution in [0.3, 0.4) is 0 Å². The van der Waals surface area contributed by atoms with Crippen molar-refractivity contribution in [1.82, 2.24) is 14.5 Å². The van der Waals surface area contributed by atoms with Crippen molar-refractivity contribution in [3.05, 3.63) is 114 Å². The molecule has 0 atom stereocenters. The van der Waals surface area contributed by atoms with E-state index in [1.165, 1.54) is 0 Å². The second-order valence-electron chi connectivity index (χ2n) is 7.80. The third-order valence-electron chi connectivity index (χ3n) is 5.56. The van der Waals surface area contributed by atoms with Gasteiger partial charge in [0.2, 0.25) is 0 Å². The Morgan fingerprint density at radius 3 is 2.51 bits per heavy atom. The predicted molar refractivity (Wildman–Crippen MR) is 136 cm³/mol. The molecule has 0 unspecified atom stereocenters. The highest BCUT2D eigenvalue weighted by Crippen LogP contribution is 2.33. The number of hydrogen-bond donors (Lipinski definition) is 0. The van der Waals surface area contributed by atoms with Crippen LogP contribution in [0.1, 0.15) is 22.5 Å². The molecule has 0 aliphatic rings. The fourth-order valence-electron chi connectivity index (χ4n) is 3.85. The summed E-state index contributed by atoms with van der Waals surface area (Å²) in [7, 11) is 1.63. The zero-order chi connectivity index (χ0) is 24.0. The molecule has 2 aromatic heterocycles. The number of benzene rings is 3. The van der Waals surface area contributed by atoms with Crippen LogP contribution in [0.2, 0.25) is 0 Å². The molecule has 0 aliphatic carbocycles. The van der Waals surface area contributed by atoms with Crippen LogP contribution in [0.5, 0.6) is 11.5 Å². The first kappa shape index (κ1) is 21.9. The lowest BCUT2D eigenvalue weighted by molar-refractivity contribution is 0.284. The maximum Gasteiger partial charge on any atom is 0.168 e. The number of methoxy groups -OCH3 is 1. The van der Waals surface area contributed by atoms with Gasteiger partial charge in [0.05, 0.1) is 23.7 Å². The van der Waals surface area contributed by atoms with Crippen molar-refractivity contribution in [3.63, 3.8) is 0 Å². The number of para-hydroxylation sites is 3. The van der Waals surface area contributed by atoms with E-state index in [0.717, 1.165) is 22.2 Å². The maximum atomic E-state index is 9.14. The quantitative estimate of drug-likeness (QED) is 0.297. The fraction of sp³-hybridized carbons (Fsp3) is 0.0690. The Morgan fingerprint density at radius 1 is 0.914 bits per heavy atom. The first-order chi connectivity index (χ1) is 17.3. The van der Waals surface area contributed by atoms with Gasteiger partial charge in [-0.2, -0.15) is 5.26 Å². The highest BCUT2D eigenvalue weighted by molar-refractivity contribution is 5.82. The second kappa shape index (κ2) is 9.94. The van der Waals surface area contributed by atoms with Crippen LogP contribution in [-0.2, 0) is 6.61 Å². The summed E-state index contributed by atoms with van der Waals surface area (Å²) in [5.74, 6) is 2.71. The molecule has 0 radical (unpaired) electrons. The van der Waals surface area contributed by atoms with Gasteiger partial charge in [0.15, 0.2) is 11.5 Å². The Labute approximate surface area is 203 Å². The van der Waals surface area contributed by atoms with E-state index >= 15 is 0 Å². The summed E-state index contributed by atoms with van der Waals surface area (Å²) in [5.41, 5.74) is 4.22. The standard InChI is InChI=1S/C29H22N4O2/c1-34-26-13-7-10-23(29(26)35-20-21-8-3-2-4-9-21)15-17-28-32-24-11-5-6-12-25(24)33(28)27-16-14-22(18-30)19-31-27/h2-17,19H,20H2,1H3/b17-15+. The molecular formula is C29H22N4O2. The van der Waals surface area contributed by atoms with Gasteiger partial charge in [0.1, 0.15) is 24.3 Å². The molecule has 0 N–H and O–H groups in total. The zero-order valence-corrected chi connectivity index (χ0v) is 19.1. The summed E-state index contributed by atoms with van der Waals surface area (Å²) in [6.07, 6.45) is 5.46. The number of pyridine rings is 1. The van der Waals surface area contributed by atoms with Crippen LogP contribution >= 0.6 is 0 Å². The summed E-state index contributed by atoms with van der Waals surface area (Å²) in [5, 5.41) is 9.14. The van der Waals surface area contributed by atoms with Gasteiger partial charge in [-0.25, -0.2) is 9.97 Å². The Balaban J connectivity index is 1.54. The van der Waals surface area contributed by atoms with Gasteiger partial charge in [0.25, 0.3) is 0 Å². The van der Waals surface area contributed by atoms with Gasteiger partial charge in [-0.05, 0) is 48.0 Å². The number of aromatic nitrogens is 3. The van der Waals surface area contributed by atoms with E-state index in [-0.39, 0.29) is 0 Å². The lowest BCUT2D eigenvalue weighted by Crippen LogP contribution is -2.01. The molecule has 0 spiro atoms. The summed E-state index contributed by atoms with van der Waals surface area (Å²) >= 11 is 0. The second-order valence-corrected chi connectivity index (χ2v) is 7.80. The van der Waals surface area contributed by atoms with Crippen LogP contribution in [0.15, 0.2) is 91.1 Å². The molecule has 35 heavy (non-hydrogen) atoms. The third-order valence-corrected chi connectivity index (χ3v) is 5.56. The third kappa shape index (κ3) is 4.61. The topological polar surface area (TPSA) is 73.0 Å². The van der Waals surface area contributed by atoms with Gasteiger partial charge < -0.3 is 9.47 Å². The van der Waals surface area contributed by atoms with Crippen LogP contribution in [0, 0.1) is 11.3 Å². The van der Waals surface area contributed by atoms with Crippen LogP contribution in [0.4, 0.5) is 0 Å². The highest BCUT2D eigenvalue weighted by Gasteiger charge is 2.13. The van der Waals surface area contributed by atoms with Crippen LogP contribution in [-0.4, -0.2) is 21.6 Å². The van der Waals surface area contributed by atoms with Gasteiger partial charge in [-0.3, -0.25) is 4.57 Å². The van der Waals surface area contributed by atoms with Gasteiger partial charge in [0, 0.05) is 11.8 Å². The van der Waals surface area contributed by atoms with E-state index in [4.69, 9.17) is 19.7 Å². The van der Waals surface area contributed by atoms with Crippen molar-refractivity contribution in [2.24, 2.45) is 0 Å². The van der Waals surface area contributed by atoms with Crippen molar-refractivity contribution >= 4 is 23.2 Å². The first-order valence-corrected chi connectivity index (χ1v) is 11.1. The monoisotopic (exact) mass is 458 g/mol. The smallest absolute Gasteiger partial charge is 0.168 e. The molecule has 0 bridgehead atoms. The Bertz CT molecular complexity index is 1530. The molecule has 6 heteroatoms. The van der Waals surface area contributed by atoms with E-state index < -0.39 is 0 Å². The SMILES string of the molecule is COc1cccc(/C=C/c2nc3ccccc3n2-c2ccc(C#N)cn2)c1OCc1ccccc1. The van der Waals surface area contributed by atoms with Gasteiger partial charge in [-0.1, -0.05) is 54.6 Å². The highest BCUT2D eigenvalue weighted by atomic mass is 16.5. The Kier molecular flexibility index (Phi) is 6.23. The molecule has 3 aromatic carbocycles.